The van der Waals surface area contributed by atoms with Gasteiger partial charge in [0.1, 0.15) is 11.6 Å². The van der Waals surface area contributed by atoms with Crippen molar-refractivity contribution in [3.8, 4) is 0 Å². The Morgan fingerprint density at radius 1 is 1.32 bits per heavy atom. The van der Waals surface area contributed by atoms with Gasteiger partial charge in [0, 0.05) is 25.2 Å². The fourth-order valence-electron chi connectivity index (χ4n) is 3.06. The molecule has 0 saturated heterocycles. The molecule has 1 aromatic carbocycles. The first-order chi connectivity index (χ1) is 11.9. The van der Waals surface area contributed by atoms with Crippen LogP contribution in [0.3, 0.4) is 0 Å². The number of nitrogens with one attached hydrogen (secondary N) is 1. The van der Waals surface area contributed by atoms with Gasteiger partial charge in [0.25, 0.3) is 0 Å². The highest BCUT2D eigenvalue weighted by Crippen LogP contribution is 2.24. The molecule has 1 N–H and O–H groups in total. The minimum Gasteiger partial charge on any atom is -0.370 e. The molecule has 1 heterocycles. The topological polar surface area (TPSA) is 58.4 Å². The number of benzene rings is 1. The Bertz CT molecular complexity index is 719. The Labute approximate surface area is 148 Å². The number of amides is 1. The van der Waals surface area contributed by atoms with E-state index in [0.29, 0.717) is 11.4 Å². The van der Waals surface area contributed by atoms with E-state index in [-0.39, 0.29) is 24.2 Å². The molecule has 1 atom stereocenters. The van der Waals surface area contributed by atoms with Gasteiger partial charge in [-0.3, -0.25) is 4.79 Å². The second-order valence-electron chi connectivity index (χ2n) is 6.14. The van der Waals surface area contributed by atoms with Crippen LogP contribution in [0, 0.1) is 19.7 Å². The predicted octanol–water partition coefficient (Wildman–Crippen LogP) is 3.70. The summed E-state index contributed by atoms with van der Waals surface area (Å²) in [6.45, 7) is 11.2. The lowest BCUT2D eigenvalue weighted by atomic mass is 9.98. The highest BCUT2D eigenvalue weighted by molar-refractivity contribution is 5.83. The van der Waals surface area contributed by atoms with Crippen molar-refractivity contribution in [2.75, 3.05) is 18.0 Å². The molecule has 0 saturated carbocycles. The molecule has 5 nitrogen and oxygen atoms in total. The molecule has 0 radical (unpaired) electrons. The van der Waals surface area contributed by atoms with E-state index in [9.17, 15) is 9.18 Å². The Hall–Kier alpha value is -2.37. The lowest BCUT2D eigenvalue weighted by molar-refractivity contribution is -0.122. The Kier molecular flexibility index (Phi) is 6.17. The van der Waals surface area contributed by atoms with Crippen molar-refractivity contribution < 1.29 is 13.7 Å². The van der Waals surface area contributed by atoms with Crippen LogP contribution < -0.4 is 10.2 Å². The Morgan fingerprint density at radius 3 is 2.52 bits per heavy atom. The van der Waals surface area contributed by atoms with E-state index in [1.54, 1.807) is 13.0 Å². The molecule has 6 heteroatoms. The van der Waals surface area contributed by atoms with Crippen molar-refractivity contribution in [2.24, 2.45) is 0 Å². The van der Waals surface area contributed by atoms with Gasteiger partial charge < -0.3 is 14.7 Å². The van der Waals surface area contributed by atoms with Gasteiger partial charge >= 0.3 is 0 Å². The average molecular weight is 347 g/mol. The third kappa shape index (κ3) is 4.18. The molecule has 0 unspecified atom stereocenters. The molecule has 25 heavy (non-hydrogen) atoms. The third-order valence-electron chi connectivity index (χ3n) is 4.50. The van der Waals surface area contributed by atoms with Crippen molar-refractivity contribution in [2.45, 2.75) is 47.1 Å². The van der Waals surface area contributed by atoms with Gasteiger partial charge in [0.2, 0.25) is 5.91 Å². The van der Waals surface area contributed by atoms with Gasteiger partial charge in [0.05, 0.1) is 17.3 Å². The maximum absolute atomic E-state index is 14.3. The number of carbonyl (C=O) groups excluding carboxylic acids is 1. The lowest BCUT2D eigenvalue weighted by Crippen LogP contribution is -2.28. The van der Waals surface area contributed by atoms with Crippen molar-refractivity contribution in [1.29, 1.82) is 0 Å². The fourth-order valence-corrected chi connectivity index (χ4v) is 3.06. The zero-order chi connectivity index (χ0) is 18.6. The molecule has 0 fully saturated rings. The van der Waals surface area contributed by atoms with E-state index in [4.69, 9.17) is 4.52 Å². The summed E-state index contributed by atoms with van der Waals surface area (Å²) in [6.07, 6.45) is 0. The standard InChI is InChI=1S/C19H26FN3O2/c1-6-23(7-2)17-9-8-15(10-16(17)20)11-21-19(24)12(3)18-13(4)22-25-14(18)5/h8-10,12H,6-7,11H2,1-5H3,(H,21,24)/t12-/m1/s1. The summed E-state index contributed by atoms with van der Waals surface area (Å²) in [7, 11) is 0. The molecular formula is C19H26FN3O2. The maximum Gasteiger partial charge on any atom is 0.227 e. The van der Waals surface area contributed by atoms with Crippen LogP contribution in [0.2, 0.25) is 0 Å². The highest BCUT2D eigenvalue weighted by atomic mass is 19.1. The van der Waals surface area contributed by atoms with Crippen molar-refractivity contribution in [3.63, 3.8) is 0 Å². The van der Waals surface area contributed by atoms with Gasteiger partial charge in [0.15, 0.2) is 0 Å². The number of halogens is 1. The van der Waals surface area contributed by atoms with Gasteiger partial charge in [-0.15, -0.1) is 0 Å². The number of aromatic nitrogens is 1. The largest absolute Gasteiger partial charge is 0.370 e. The molecule has 2 rings (SSSR count). The molecule has 2 aromatic rings. The first-order valence-electron chi connectivity index (χ1n) is 8.62. The predicted molar refractivity (Wildman–Crippen MR) is 96.2 cm³/mol. The molecule has 0 spiro atoms. The van der Waals surface area contributed by atoms with Gasteiger partial charge in [-0.25, -0.2) is 4.39 Å². The van der Waals surface area contributed by atoms with Crippen LogP contribution in [0.1, 0.15) is 49.3 Å². The Morgan fingerprint density at radius 2 is 2.00 bits per heavy atom. The van der Waals surface area contributed by atoms with E-state index >= 15 is 0 Å². The summed E-state index contributed by atoms with van der Waals surface area (Å²) < 4.78 is 19.4. The zero-order valence-electron chi connectivity index (χ0n) is 15.5. The fraction of sp³-hybridized carbons (Fsp3) is 0.474. The number of hydrogen-bond donors (Lipinski definition) is 1. The van der Waals surface area contributed by atoms with Crippen LogP contribution in [0.25, 0.3) is 0 Å². The SMILES string of the molecule is CCN(CC)c1ccc(CNC(=O)[C@H](C)c2c(C)noc2C)cc1F. The second kappa shape index (κ2) is 8.14. The summed E-state index contributed by atoms with van der Waals surface area (Å²) >= 11 is 0. The minimum absolute atomic E-state index is 0.136. The molecule has 0 aliphatic heterocycles. The minimum atomic E-state index is -0.369. The first-order valence-corrected chi connectivity index (χ1v) is 8.62. The van der Waals surface area contributed by atoms with Gasteiger partial charge in [-0.05, 0) is 52.3 Å². The van der Waals surface area contributed by atoms with Crippen LogP contribution >= 0.6 is 0 Å². The van der Waals surface area contributed by atoms with Crippen LogP contribution in [0.4, 0.5) is 10.1 Å². The van der Waals surface area contributed by atoms with Crippen LogP contribution in [0.5, 0.6) is 0 Å². The first kappa shape index (κ1) is 19.0. The monoisotopic (exact) mass is 347 g/mol. The molecule has 1 aromatic heterocycles. The van der Waals surface area contributed by atoms with E-state index in [0.717, 1.165) is 29.9 Å². The molecule has 1 amide bonds. The summed E-state index contributed by atoms with van der Waals surface area (Å²) in [5.74, 6) is -0.127. The quantitative estimate of drug-likeness (QED) is 0.830. The third-order valence-corrected chi connectivity index (χ3v) is 4.50. The Balaban J connectivity index is 2.03. The average Bonchev–Trinajstić information content (AvgIpc) is 2.93. The number of hydrogen-bond acceptors (Lipinski definition) is 4. The highest BCUT2D eigenvalue weighted by Gasteiger charge is 2.22. The normalized spacial score (nSPS) is 12.1. The number of nitrogens with zero attached hydrogens (tertiary/aromatic N) is 2. The summed E-state index contributed by atoms with van der Waals surface area (Å²) in [4.78, 5) is 14.3. The van der Waals surface area contributed by atoms with Gasteiger partial charge in [-0.2, -0.15) is 0 Å². The molecule has 0 bridgehead atoms. The van der Waals surface area contributed by atoms with E-state index in [1.165, 1.54) is 6.07 Å². The number of rotatable bonds is 7. The van der Waals surface area contributed by atoms with Crippen LogP contribution in [0.15, 0.2) is 22.7 Å². The van der Waals surface area contributed by atoms with Crippen LogP contribution in [-0.4, -0.2) is 24.2 Å². The maximum atomic E-state index is 14.3. The zero-order valence-corrected chi connectivity index (χ0v) is 15.5. The van der Waals surface area contributed by atoms with Crippen LogP contribution in [-0.2, 0) is 11.3 Å². The van der Waals surface area contributed by atoms with Crippen molar-refractivity contribution in [1.82, 2.24) is 10.5 Å². The second-order valence-corrected chi connectivity index (χ2v) is 6.14. The van der Waals surface area contributed by atoms with Gasteiger partial charge in [-0.1, -0.05) is 11.2 Å². The molecule has 0 aliphatic carbocycles. The summed E-state index contributed by atoms with van der Waals surface area (Å²) in [6, 6.07) is 5.09. The van der Waals surface area contributed by atoms with E-state index < -0.39 is 0 Å². The smallest absolute Gasteiger partial charge is 0.227 e. The van der Waals surface area contributed by atoms with E-state index in [2.05, 4.69) is 10.5 Å². The van der Waals surface area contributed by atoms with Crippen molar-refractivity contribution >= 4 is 11.6 Å². The molecule has 0 aliphatic rings. The molecule has 136 valence electrons. The molecular weight excluding hydrogens is 321 g/mol. The lowest BCUT2D eigenvalue weighted by Gasteiger charge is -2.22. The van der Waals surface area contributed by atoms with Crippen molar-refractivity contribution in [3.05, 3.63) is 46.6 Å². The number of aryl methyl sites for hydroxylation is 2. The number of carbonyl (C=O) groups is 1. The summed E-state index contributed by atoms with van der Waals surface area (Å²) in [5, 5.41) is 6.74. The van der Waals surface area contributed by atoms with E-state index in [1.807, 2.05) is 38.7 Å². The number of anilines is 1. The summed E-state index contributed by atoms with van der Waals surface area (Å²) in [5.41, 5.74) is 2.84.